The first-order valence-corrected chi connectivity index (χ1v) is 10.2. The van der Waals surface area contributed by atoms with Crippen molar-refractivity contribution in [3.8, 4) is 0 Å². The van der Waals surface area contributed by atoms with Crippen molar-refractivity contribution in [1.82, 2.24) is 14.9 Å². The Morgan fingerprint density at radius 2 is 1.13 bits per heavy atom. The van der Waals surface area contributed by atoms with E-state index in [1.807, 2.05) is 41.8 Å². The lowest BCUT2D eigenvalue weighted by atomic mass is 9.99. The summed E-state index contributed by atoms with van der Waals surface area (Å²) < 4.78 is 10.4. The summed E-state index contributed by atoms with van der Waals surface area (Å²) in [5.74, 6) is -0.745. The molecule has 0 aliphatic carbocycles. The lowest BCUT2D eigenvalue weighted by Crippen LogP contribution is -2.12. The predicted molar refractivity (Wildman–Crippen MR) is 118 cm³/mol. The SMILES string of the molecule is CCOC(=O)c1[nH]c(C(=CCN(C)C)c2[nH]c(C(=O)OCC)c(C)c2C)c(C)c1C. The molecular weight excluding hydrogens is 382 g/mol. The standard InChI is InChI=1S/C23H33N3O4/c1-9-29-22(27)20-15(5)13(3)18(24-20)17(11-12-26(7)8)19-14(4)16(6)21(25-19)23(28)30-10-2/h11,24-25H,9-10,12H2,1-8H3. The number of carbonyl (C=O) groups is 2. The fraction of sp³-hybridized carbons (Fsp3) is 0.478. The van der Waals surface area contributed by atoms with E-state index in [4.69, 9.17) is 9.47 Å². The first-order valence-electron chi connectivity index (χ1n) is 10.2. The molecule has 0 amide bonds. The molecule has 2 rings (SSSR count). The summed E-state index contributed by atoms with van der Waals surface area (Å²) in [5, 5.41) is 0. The average Bonchev–Trinajstić information content (AvgIpc) is 3.14. The summed E-state index contributed by atoms with van der Waals surface area (Å²) in [6, 6.07) is 0. The quantitative estimate of drug-likeness (QED) is 0.638. The van der Waals surface area contributed by atoms with Gasteiger partial charge in [-0.05, 0) is 77.9 Å². The summed E-state index contributed by atoms with van der Waals surface area (Å²) in [4.78, 5) is 33.4. The van der Waals surface area contributed by atoms with Crippen molar-refractivity contribution < 1.29 is 19.1 Å². The zero-order chi connectivity index (χ0) is 22.6. The van der Waals surface area contributed by atoms with E-state index in [0.717, 1.165) is 39.2 Å². The first-order chi connectivity index (χ1) is 14.1. The van der Waals surface area contributed by atoms with Gasteiger partial charge in [-0.25, -0.2) is 9.59 Å². The van der Waals surface area contributed by atoms with Crippen LogP contribution in [0.25, 0.3) is 5.57 Å². The van der Waals surface area contributed by atoms with Crippen LogP contribution in [-0.4, -0.2) is 60.7 Å². The molecule has 0 atom stereocenters. The maximum Gasteiger partial charge on any atom is 0.355 e. The molecule has 0 aliphatic heterocycles. The second-order valence-corrected chi connectivity index (χ2v) is 7.57. The molecule has 164 valence electrons. The van der Waals surface area contributed by atoms with Gasteiger partial charge < -0.3 is 24.3 Å². The summed E-state index contributed by atoms with van der Waals surface area (Å²) in [7, 11) is 3.98. The van der Waals surface area contributed by atoms with Crippen LogP contribution in [0.5, 0.6) is 0 Å². The molecule has 2 N–H and O–H groups in total. The molecule has 0 fully saturated rings. The Labute approximate surface area is 178 Å². The molecule has 0 aliphatic rings. The predicted octanol–water partition coefficient (Wildman–Crippen LogP) is 3.92. The second kappa shape index (κ2) is 9.80. The highest BCUT2D eigenvalue weighted by Gasteiger charge is 2.25. The van der Waals surface area contributed by atoms with Gasteiger partial charge in [-0.1, -0.05) is 6.08 Å². The summed E-state index contributed by atoms with van der Waals surface area (Å²) in [5.41, 5.74) is 7.10. The highest BCUT2D eigenvalue weighted by molar-refractivity contribution is 5.94. The molecule has 30 heavy (non-hydrogen) atoms. The van der Waals surface area contributed by atoms with Crippen molar-refractivity contribution >= 4 is 17.5 Å². The van der Waals surface area contributed by atoms with E-state index in [-0.39, 0.29) is 11.9 Å². The number of rotatable bonds is 8. The summed E-state index contributed by atoms with van der Waals surface area (Å²) in [6.45, 7) is 12.6. The van der Waals surface area contributed by atoms with Crippen molar-refractivity contribution in [1.29, 1.82) is 0 Å². The molecule has 0 saturated carbocycles. The normalized spacial score (nSPS) is 11.0. The molecule has 0 bridgehead atoms. The molecule has 0 spiro atoms. The van der Waals surface area contributed by atoms with Gasteiger partial charge in [0.1, 0.15) is 11.4 Å². The Morgan fingerprint density at radius 3 is 1.47 bits per heavy atom. The molecule has 7 nitrogen and oxygen atoms in total. The van der Waals surface area contributed by atoms with Crippen molar-refractivity contribution in [2.45, 2.75) is 41.5 Å². The Morgan fingerprint density at radius 1 is 0.767 bits per heavy atom. The third kappa shape index (κ3) is 4.67. The molecule has 2 aromatic rings. The fourth-order valence-electron chi connectivity index (χ4n) is 3.33. The second-order valence-electron chi connectivity index (χ2n) is 7.57. The number of esters is 2. The van der Waals surface area contributed by atoms with Gasteiger partial charge >= 0.3 is 11.9 Å². The third-order valence-corrected chi connectivity index (χ3v) is 5.28. The molecular formula is C23H33N3O4. The Kier molecular flexibility index (Phi) is 7.67. The van der Waals surface area contributed by atoms with Gasteiger partial charge in [-0.15, -0.1) is 0 Å². The van der Waals surface area contributed by atoms with Gasteiger partial charge in [0.15, 0.2) is 0 Å². The first kappa shape index (κ1) is 23.5. The maximum atomic E-state index is 12.4. The lowest BCUT2D eigenvalue weighted by Gasteiger charge is -2.11. The highest BCUT2D eigenvalue weighted by atomic mass is 16.5. The van der Waals surface area contributed by atoms with E-state index in [1.165, 1.54) is 0 Å². The van der Waals surface area contributed by atoms with Crippen LogP contribution in [0.3, 0.4) is 0 Å². The van der Waals surface area contributed by atoms with Gasteiger partial charge in [0.25, 0.3) is 0 Å². The van der Waals surface area contributed by atoms with Gasteiger partial charge in [0, 0.05) is 12.1 Å². The molecule has 0 aromatic carbocycles. The number of aromatic nitrogens is 2. The van der Waals surface area contributed by atoms with Crippen LogP contribution in [0, 0.1) is 27.7 Å². The number of aromatic amines is 2. The van der Waals surface area contributed by atoms with Crippen LogP contribution < -0.4 is 0 Å². The smallest absolute Gasteiger partial charge is 0.355 e. The van der Waals surface area contributed by atoms with E-state index in [2.05, 4.69) is 20.9 Å². The minimum absolute atomic E-state index is 0.312. The number of nitrogens with one attached hydrogen (secondary N) is 2. The Hall–Kier alpha value is -2.80. The van der Waals surface area contributed by atoms with Crippen LogP contribution in [0.2, 0.25) is 0 Å². The van der Waals surface area contributed by atoms with Crippen LogP contribution in [0.4, 0.5) is 0 Å². The van der Waals surface area contributed by atoms with Gasteiger partial charge in [0.2, 0.25) is 0 Å². The van der Waals surface area contributed by atoms with Crippen molar-refractivity contribution in [2.24, 2.45) is 0 Å². The maximum absolute atomic E-state index is 12.4. The minimum atomic E-state index is -0.372. The number of ether oxygens (including phenoxy) is 2. The van der Waals surface area contributed by atoms with Crippen LogP contribution in [-0.2, 0) is 9.47 Å². The number of hydrogen-bond donors (Lipinski definition) is 2. The number of H-pyrrole nitrogens is 2. The zero-order valence-electron chi connectivity index (χ0n) is 19.3. The van der Waals surface area contributed by atoms with E-state index in [1.54, 1.807) is 13.8 Å². The summed E-state index contributed by atoms with van der Waals surface area (Å²) >= 11 is 0. The van der Waals surface area contributed by atoms with Crippen LogP contribution in [0.1, 0.15) is 68.5 Å². The number of nitrogens with zero attached hydrogens (tertiary/aromatic N) is 1. The van der Waals surface area contributed by atoms with Crippen molar-refractivity contribution in [2.75, 3.05) is 33.9 Å². The highest BCUT2D eigenvalue weighted by Crippen LogP contribution is 2.32. The van der Waals surface area contributed by atoms with E-state index >= 15 is 0 Å². The minimum Gasteiger partial charge on any atom is -0.461 e. The molecule has 0 unspecified atom stereocenters. The third-order valence-electron chi connectivity index (χ3n) is 5.28. The summed E-state index contributed by atoms with van der Waals surface area (Å²) in [6.07, 6.45) is 2.08. The topological polar surface area (TPSA) is 87.4 Å². The van der Waals surface area contributed by atoms with E-state index < -0.39 is 0 Å². The molecule has 2 aromatic heterocycles. The van der Waals surface area contributed by atoms with E-state index in [9.17, 15) is 9.59 Å². The van der Waals surface area contributed by atoms with Crippen LogP contribution >= 0.6 is 0 Å². The fourth-order valence-corrected chi connectivity index (χ4v) is 3.33. The van der Waals surface area contributed by atoms with Crippen molar-refractivity contribution in [3.63, 3.8) is 0 Å². The van der Waals surface area contributed by atoms with E-state index in [0.29, 0.717) is 31.1 Å². The van der Waals surface area contributed by atoms with Gasteiger partial charge in [0.05, 0.1) is 24.6 Å². The number of hydrogen-bond acceptors (Lipinski definition) is 5. The van der Waals surface area contributed by atoms with Crippen molar-refractivity contribution in [3.05, 3.63) is 51.1 Å². The van der Waals surface area contributed by atoms with Crippen LogP contribution in [0.15, 0.2) is 6.08 Å². The molecule has 0 saturated heterocycles. The molecule has 2 heterocycles. The number of likely N-dealkylation sites (N-methyl/N-ethyl adjacent to an activating group) is 1. The largest absolute Gasteiger partial charge is 0.461 e. The average molecular weight is 416 g/mol. The Bertz CT molecular complexity index is 893. The number of carbonyl (C=O) groups excluding carboxylic acids is 2. The van der Waals surface area contributed by atoms with Gasteiger partial charge in [-0.3, -0.25) is 0 Å². The Balaban J connectivity index is 2.67. The van der Waals surface area contributed by atoms with Gasteiger partial charge in [-0.2, -0.15) is 0 Å². The molecule has 0 radical (unpaired) electrons. The monoisotopic (exact) mass is 415 g/mol. The zero-order valence-corrected chi connectivity index (χ0v) is 19.3. The lowest BCUT2D eigenvalue weighted by molar-refractivity contribution is 0.0510. The molecule has 7 heteroatoms.